The number of piperidine rings is 1. The Labute approximate surface area is 156 Å². The topological polar surface area (TPSA) is 74.3 Å². The maximum atomic E-state index is 12.3. The molecule has 2 saturated heterocycles. The number of carbonyl (C=O) groups is 2. The lowest BCUT2D eigenvalue weighted by Crippen LogP contribution is -2.61. The van der Waals surface area contributed by atoms with Crippen LogP contribution in [-0.4, -0.2) is 55.2 Å². The van der Waals surface area contributed by atoms with Crippen LogP contribution in [0, 0.1) is 11.8 Å². The van der Waals surface area contributed by atoms with Gasteiger partial charge in [-0.05, 0) is 59.8 Å². The van der Waals surface area contributed by atoms with Crippen molar-refractivity contribution < 1.29 is 28.6 Å². The highest BCUT2D eigenvalue weighted by Crippen LogP contribution is 2.41. The third-order valence-corrected chi connectivity index (χ3v) is 5.54. The molecule has 0 aromatic rings. The highest BCUT2D eigenvalue weighted by Gasteiger charge is 2.49. The Bertz CT molecular complexity index is 486. The van der Waals surface area contributed by atoms with Crippen molar-refractivity contribution in [3.63, 3.8) is 0 Å². The molecule has 0 saturated carbocycles. The summed E-state index contributed by atoms with van der Waals surface area (Å²) in [7, 11) is 2.54. The van der Waals surface area contributed by atoms with Gasteiger partial charge in [-0.15, -0.1) is 0 Å². The van der Waals surface area contributed by atoms with Gasteiger partial charge in [-0.25, -0.2) is 0 Å². The van der Waals surface area contributed by atoms with E-state index in [0.717, 1.165) is 25.7 Å². The summed E-state index contributed by atoms with van der Waals surface area (Å²) in [5.41, 5.74) is -0.335. The number of carbonyl (C=O) groups excluding carboxylic acids is 2. The molecule has 2 atom stereocenters. The average molecular weight is 371 g/mol. The van der Waals surface area contributed by atoms with Crippen molar-refractivity contribution in [1.82, 2.24) is 5.06 Å². The van der Waals surface area contributed by atoms with Gasteiger partial charge in [-0.1, -0.05) is 0 Å². The molecule has 2 aliphatic heterocycles. The molecule has 0 amide bonds. The van der Waals surface area contributed by atoms with Gasteiger partial charge in [0.05, 0.1) is 14.2 Å². The van der Waals surface area contributed by atoms with Gasteiger partial charge < -0.3 is 14.2 Å². The van der Waals surface area contributed by atoms with E-state index in [-0.39, 0.29) is 11.1 Å². The Balaban J connectivity index is 2.27. The largest absolute Gasteiger partial charge is 0.468 e. The van der Waals surface area contributed by atoms with Crippen LogP contribution < -0.4 is 0 Å². The lowest BCUT2D eigenvalue weighted by molar-refractivity contribution is -0.372. The number of esters is 2. The van der Waals surface area contributed by atoms with Gasteiger partial charge in [0.15, 0.2) is 12.2 Å². The second-order valence-corrected chi connectivity index (χ2v) is 8.45. The number of methoxy groups -OCH3 is 2. The number of hydrogen-bond donors (Lipinski definition) is 0. The quantitative estimate of drug-likeness (QED) is 0.543. The Kier molecular flexibility index (Phi) is 6.69. The first-order valence-corrected chi connectivity index (χ1v) is 9.38. The van der Waals surface area contributed by atoms with Crippen LogP contribution in [0.2, 0.25) is 0 Å². The monoisotopic (exact) mass is 371 g/mol. The van der Waals surface area contributed by atoms with Crippen LogP contribution in [0.1, 0.15) is 59.8 Å². The molecule has 0 aromatic heterocycles. The molecule has 2 aliphatic rings. The lowest BCUT2D eigenvalue weighted by Gasteiger charge is -2.53. The first-order valence-electron chi connectivity index (χ1n) is 9.38. The van der Waals surface area contributed by atoms with Crippen molar-refractivity contribution in [1.29, 1.82) is 0 Å². The summed E-state index contributed by atoms with van der Waals surface area (Å²) < 4.78 is 15.6. The molecule has 0 radical (unpaired) electrons. The summed E-state index contributed by atoms with van der Waals surface area (Å²) in [6.45, 7) is 9.10. The summed E-state index contributed by atoms with van der Waals surface area (Å²) in [6, 6.07) is 0. The maximum absolute atomic E-state index is 12.3. The van der Waals surface area contributed by atoms with E-state index < -0.39 is 30.1 Å². The van der Waals surface area contributed by atoms with Gasteiger partial charge in [-0.3, -0.25) is 14.4 Å². The molecule has 2 rings (SSSR count). The first kappa shape index (κ1) is 21.1. The van der Waals surface area contributed by atoms with Crippen molar-refractivity contribution in [2.24, 2.45) is 11.8 Å². The van der Waals surface area contributed by atoms with Crippen LogP contribution in [0.15, 0.2) is 0 Å². The number of rotatable bonds is 5. The molecule has 0 aromatic carbocycles. The van der Waals surface area contributed by atoms with E-state index in [1.165, 1.54) is 14.2 Å². The number of hydrogen-bond acceptors (Lipinski definition) is 7. The SMILES string of the molecule is COC(=O)C(C(=O)OC)[C@@H]1CCCO[C@@H]1ON1C(C)(C)CCCC1(C)C. The zero-order valence-electron chi connectivity index (χ0n) is 16.9. The van der Waals surface area contributed by atoms with E-state index in [2.05, 4.69) is 27.7 Å². The third-order valence-electron chi connectivity index (χ3n) is 5.54. The highest BCUT2D eigenvalue weighted by molar-refractivity contribution is 5.95. The molecule has 0 N–H and O–H groups in total. The molecular formula is C19H33NO6. The zero-order valence-corrected chi connectivity index (χ0v) is 16.9. The standard InChI is InChI=1S/C19H33NO6/c1-18(2)10-8-11-19(3,4)20(18)26-17-13(9-7-12-25-17)14(15(21)23-5)16(22)24-6/h13-14,17H,7-12H2,1-6H3/t13-,17+/m0/s1. The molecule has 0 bridgehead atoms. The predicted octanol–water partition coefficient (Wildman–Crippen LogP) is 2.68. The van der Waals surface area contributed by atoms with Crippen LogP contribution in [0.25, 0.3) is 0 Å². The zero-order chi connectivity index (χ0) is 19.5. The molecule has 0 aliphatic carbocycles. The van der Waals surface area contributed by atoms with E-state index in [9.17, 15) is 9.59 Å². The Morgan fingerprint density at radius 3 is 2.04 bits per heavy atom. The Hall–Kier alpha value is -1.18. The number of nitrogens with zero attached hydrogens (tertiary/aromatic N) is 1. The lowest BCUT2D eigenvalue weighted by atomic mass is 9.82. The summed E-state index contributed by atoms with van der Waals surface area (Å²) in [6.07, 6.45) is 3.83. The van der Waals surface area contributed by atoms with Gasteiger partial charge in [0.2, 0.25) is 0 Å². The molecule has 7 nitrogen and oxygen atoms in total. The van der Waals surface area contributed by atoms with Crippen LogP contribution >= 0.6 is 0 Å². The molecule has 7 heteroatoms. The van der Waals surface area contributed by atoms with Crippen molar-refractivity contribution in [2.45, 2.75) is 77.2 Å². The van der Waals surface area contributed by atoms with E-state index in [0.29, 0.717) is 13.0 Å². The molecule has 2 fully saturated rings. The fraction of sp³-hybridized carbons (Fsp3) is 0.895. The smallest absolute Gasteiger partial charge is 0.320 e. The van der Waals surface area contributed by atoms with Crippen LogP contribution in [0.5, 0.6) is 0 Å². The van der Waals surface area contributed by atoms with Gasteiger partial charge >= 0.3 is 11.9 Å². The second kappa shape index (κ2) is 8.23. The van der Waals surface area contributed by atoms with Gasteiger partial charge in [-0.2, -0.15) is 5.06 Å². The fourth-order valence-electron chi connectivity index (χ4n) is 4.28. The van der Waals surface area contributed by atoms with Crippen molar-refractivity contribution in [2.75, 3.05) is 20.8 Å². The third kappa shape index (κ3) is 4.38. The number of ether oxygens (including phenoxy) is 3. The summed E-state index contributed by atoms with van der Waals surface area (Å²) in [4.78, 5) is 30.9. The normalized spacial score (nSPS) is 28.6. The van der Waals surface area contributed by atoms with Crippen LogP contribution in [-0.2, 0) is 28.6 Å². The van der Waals surface area contributed by atoms with E-state index in [4.69, 9.17) is 19.0 Å². The minimum absolute atomic E-state index is 0.168. The molecule has 0 spiro atoms. The highest BCUT2D eigenvalue weighted by atomic mass is 16.8. The number of hydroxylamine groups is 2. The van der Waals surface area contributed by atoms with Gasteiger partial charge in [0.25, 0.3) is 0 Å². The van der Waals surface area contributed by atoms with Crippen LogP contribution in [0.4, 0.5) is 0 Å². The van der Waals surface area contributed by atoms with Crippen molar-refractivity contribution in [3.8, 4) is 0 Å². The molecule has 150 valence electrons. The minimum atomic E-state index is -1.05. The summed E-state index contributed by atoms with van der Waals surface area (Å²) >= 11 is 0. The molecule has 26 heavy (non-hydrogen) atoms. The predicted molar refractivity (Wildman–Crippen MR) is 94.9 cm³/mol. The fourth-order valence-corrected chi connectivity index (χ4v) is 4.28. The van der Waals surface area contributed by atoms with Crippen molar-refractivity contribution >= 4 is 11.9 Å². The first-order chi connectivity index (χ1) is 12.1. The minimum Gasteiger partial charge on any atom is -0.468 e. The Morgan fingerprint density at radius 1 is 1.00 bits per heavy atom. The van der Waals surface area contributed by atoms with Gasteiger partial charge in [0.1, 0.15) is 0 Å². The van der Waals surface area contributed by atoms with Crippen LogP contribution in [0.3, 0.4) is 0 Å². The van der Waals surface area contributed by atoms with E-state index >= 15 is 0 Å². The summed E-state index contributed by atoms with van der Waals surface area (Å²) in [5, 5.41) is 2.00. The Morgan fingerprint density at radius 2 is 1.54 bits per heavy atom. The molecule has 0 unspecified atom stereocenters. The van der Waals surface area contributed by atoms with Gasteiger partial charge in [0, 0.05) is 23.6 Å². The average Bonchev–Trinajstić information content (AvgIpc) is 2.58. The summed E-state index contributed by atoms with van der Waals surface area (Å²) in [5.74, 6) is -2.72. The van der Waals surface area contributed by atoms with E-state index in [1.54, 1.807) is 0 Å². The maximum Gasteiger partial charge on any atom is 0.320 e. The molecular weight excluding hydrogens is 338 g/mol. The van der Waals surface area contributed by atoms with E-state index in [1.807, 2.05) is 5.06 Å². The van der Waals surface area contributed by atoms with Crippen molar-refractivity contribution in [3.05, 3.63) is 0 Å². The second-order valence-electron chi connectivity index (χ2n) is 8.45. The molecule has 2 heterocycles.